The molecule has 0 aromatic heterocycles. The van der Waals surface area contributed by atoms with Gasteiger partial charge in [0.2, 0.25) is 6.79 Å². The van der Waals surface area contributed by atoms with Crippen LogP contribution in [0.3, 0.4) is 0 Å². The Morgan fingerprint density at radius 1 is 1.25 bits per heavy atom. The van der Waals surface area contributed by atoms with Crippen LogP contribution in [-0.4, -0.2) is 13.1 Å². The van der Waals surface area contributed by atoms with E-state index in [-0.39, 0.29) is 58.2 Å². The third-order valence-corrected chi connectivity index (χ3v) is 1.49. The minimum absolute atomic E-state index is 0. The first kappa shape index (κ1) is 10.2. The molecule has 1 aromatic rings. The summed E-state index contributed by atoms with van der Waals surface area (Å²) in [5.41, 5.74) is 0.481. The van der Waals surface area contributed by atoms with Crippen LogP contribution in [0.2, 0.25) is 0 Å². The monoisotopic (exact) mass is 188 g/mol. The van der Waals surface area contributed by atoms with Crippen LogP contribution in [0.25, 0.3) is 0 Å². The minimum atomic E-state index is 0. The molecule has 0 spiro atoms. The van der Waals surface area contributed by atoms with Crippen LogP contribution < -0.4 is 60.9 Å². The number of ether oxygens (including phenoxy) is 2. The molecule has 4 heteroatoms. The molecule has 56 valence electrons. The molecule has 0 saturated carbocycles. The molecule has 0 saturated heterocycles. The average Bonchev–Trinajstić information content (AvgIpc) is 2.50. The number of rotatable bonds is 1. The predicted octanol–water partition coefficient (Wildman–Crippen LogP) is -2.12. The largest absolute Gasteiger partial charge is 1.00 e. The van der Waals surface area contributed by atoms with E-state index >= 15 is 0 Å². The van der Waals surface area contributed by atoms with Crippen molar-refractivity contribution in [3.8, 4) is 11.5 Å². The molecule has 0 N–H and O–H groups in total. The van der Waals surface area contributed by atoms with Gasteiger partial charge in [0.25, 0.3) is 0 Å². The summed E-state index contributed by atoms with van der Waals surface area (Å²) in [5, 5.41) is 0. The summed E-state index contributed by atoms with van der Waals surface area (Å²) in [6.07, 6.45) is 1.77. The van der Waals surface area contributed by atoms with Crippen LogP contribution in [0.4, 0.5) is 0 Å². The maximum atomic E-state index is 10.2. The van der Waals surface area contributed by atoms with E-state index in [4.69, 9.17) is 9.47 Å². The van der Waals surface area contributed by atoms with E-state index in [1.165, 1.54) is 0 Å². The second-order valence-corrected chi connectivity index (χ2v) is 2.17. The van der Waals surface area contributed by atoms with Crippen molar-refractivity contribution in [2.24, 2.45) is 0 Å². The van der Waals surface area contributed by atoms with E-state index in [9.17, 15) is 4.79 Å². The van der Waals surface area contributed by atoms with Crippen LogP contribution in [0.5, 0.6) is 11.5 Å². The van der Waals surface area contributed by atoms with Crippen LogP contribution >= 0.6 is 0 Å². The molecule has 1 aromatic carbocycles. The summed E-state index contributed by atoms with van der Waals surface area (Å²) in [6.45, 7) is 0.234. The van der Waals surface area contributed by atoms with Crippen molar-refractivity contribution in [1.29, 1.82) is 0 Å². The van der Waals surface area contributed by atoms with Gasteiger partial charge in [-0.2, -0.15) is 6.07 Å². The van der Waals surface area contributed by atoms with Crippen molar-refractivity contribution in [2.45, 2.75) is 0 Å². The second-order valence-electron chi connectivity index (χ2n) is 2.17. The van der Waals surface area contributed by atoms with Gasteiger partial charge in [-0.05, 0) is 0 Å². The molecule has 0 atom stereocenters. The number of hydrogen-bond acceptors (Lipinski definition) is 3. The molecular weight excluding hydrogens is 183 g/mol. The Balaban J connectivity index is 0.000000720. The van der Waals surface area contributed by atoms with Gasteiger partial charge in [-0.1, -0.05) is 6.07 Å². The van der Waals surface area contributed by atoms with Crippen LogP contribution in [0, 0.1) is 0 Å². The molecule has 0 aliphatic carbocycles. The van der Waals surface area contributed by atoms with E-state index in [1.54, 1.807) is 24.5 Å². The summed E-state index contributed by atoms with van der Waals surface area (Å²) < 4.78 is 10.1. The fraction of sp³-hybridized carbons (Fsp3) is 0.125. The number of fused-ring (bicyclic) bond motifs is 1. The quantitative estimate of drug-likeness (QED) is 0.373. The summed E-state index contributed by atoms with van der Waals surface area (Å²) in [5.74, 6) is 1.30. The summed E-state index contributed by atoms with van der Waals surface area (Å²) in [6, 6.07) is 4.94. The first-order valence-electron chi connectivity index (χ1n) is 3.18. The zero-order chi connectivity index (χ0) is 7.68. The summed E-state index contributed by atoms with van der Waals surface area (Å²) in [7, 11) is 0. The Morgan fingerprint density at radius 2 is 2.00 bits per heavy atom. The number of benzene rings is 1. The smallest absolute Gasteiger partial charge is 0.467 e. The average molecular weight is 188 g/mol. The van der Waals surface area contributed by atoms with Gasteiger partial charge in [-0.25, -0.2) is 0 Å². The van der Waals surface area contributed by atoms with Gasteiger partial charge in [0.1, 0.15) is 11.5 Å². The van der Waals surface area contributed by atoms with Crippen molar-refractivity contribution in [2.75, 3.05) is 6.79 Å². The van der Waals surface area contributed by atoms with Gasteiger partial charge in [-0.3, -0.25) is 0 Å². The molecular formula is C8H5KO3. The van der Waals surface area contributed by atoms with E-state index in [2.05, 4.69) is 0 Å². The third kappa shape index (κ3) is 1.89. The normalized spacial score (nSPS) is 12.0. The van der Waals surface area contributed by atoms with E-state index < -0.39 is 0 Å². The molecule has 0 bridgehead atoms. The van der Waals surface area contributed by atoms with Crippen molar-refractivity contribution >= 4 is 6.29 Å². The predicted molar refractivity (Wildman–Crippen MR) is 37.4 cm³/mol. The van der Waals surface area contributed by atoms with Crippen molar-refractivity contribution in [3.63, 3.8) is 0 Å². The summed E-state index contributed by atoms with van der Waals surface area (Å²) >= 11 is 0. The Bertz CT molecular complexity index is 298. The molecule has 0 radical (unpaired) electrons. The minimum Gasteiger partial charge on any atom is -0.467 e. The van der Waals surface area contributed by atoms with Gasteiger partial charge in [0.05, 0.1) is 6.29 Å². The Labute approximate surface area is 112 Å². The van der Waals surface area contributed by atoms with Crippen molar-refractivity contribution < 1.29 is 65.7 Å². The van der Waals surface area contributed by atoms with E-state index in [0.29, 0.717) is 17.1 Å². The molecule has 1 aliphatic rings. The maximum absolute atomic E-state index is 10.2. The van der Waals surface area contributed by atoms with Crippen molar-refractivity contribution in [3.05, 3.63) is 23.8 Å². The fourth-order valence-electron chi connectivity index (χ4n) is 0.960. The molecule has 1 aliphatic heterocycles. The summed E-state index contributed by atoms with van der Waals surface area (Å²) in [4.78, 5) is 10.2. The molecule has 0 unspecified atom stereocenters. The van der Waals surface area contributed by atoms with Gasteiger partial charge >= 0.3 is 51.4 Å². The second kappa shape index (κ2) is 4.39. The standard InChI is InChI=1S/C8H5O3.K/c9-4-6-1-2-7-8(3-6)11-5-10-7;/h1-3H,5H2;/q-1;+1. The van der Waals surface area contributed by atoms with E-state index in [0.717, 1.165) is 0 Å². The van der Waals surface area contributed by atoms with Gasteiger partial charge in [0, 0.05) is 0 Å². The van der Waals surface area contributed by atoms with Crippen molar-refractivity contribution in [1.82, 2.24) is 0 Å². The molecule has 3 nitrogen and oxygen atoms in total. The van der Waals surface area contributed by atoms with Crippen LogP contribution in [0.1, 0.15) is 5.56 Å². The SMILES string of the molecule is O=[C-]c1ccc2c(c1)OCO2.[K+]. The van der Waals surface area contributed by atoms with Crippen LogP contribution in [0.15, 0.2) is 18.2 Å². The number of carbonyl (C=O) groups excluding carboxylic acids is 1. The first-order valence-corrected chi connectivity index (χ1v) is 3.18. The molecule has 2 rings (SSSR count). The zero-order valence-corrected chi connectivity index (χ0v) is 9.79. The van der Waals surface area contributed by atoms with Gasteiger partial charge < -0.3 is 14.3 Å². The van der Waals surface area contributed by atoms with E-state index in [1.807, 2.05) is 0 Å². The topological polar surface area (TPSA) is 35.5 Å². The first-order chi connectivity index (χ1) is 5.40. The maximum Gasteiger partial charge on any atom is 1.00 e. The molecule has 0 amide bonds. The molecule has 0 fully saturated rings. The zero-order valence-electron chi connectivity index (χ0n) is 6.66. The molecule has 1 heterocycles. The Kier molecular flexibility index (Phi) is 3.73. The fourth-order valence-corrected chi connectivity index (χ4v) is 0.960. The Hall–Kier alpha value is 0.126. The molecule has 12 heavy (non-hydrogen) atoms. The van der Waals surface area contributed by atoms with Gasteiger partial charge in [0.15, 0.2) is 0 Å². The third-order valence-electron chi connectivity index (χ3n) is 1.49. The number of hydrogen-bond donors (Lipinski definition) is 0. The van der Waals surface area contributed by atoms with Gasteiger partial charge in [-0.15, -0.1) is 11.6 Å². The van der Waals surface area contributed by atoms with Crippen LogP contribution in [-0.2, 0) is 4.79 Å². The Morgan fingerprint density at radius 3 is 2.75 bits per heavy atom.